The third kappa shape index (κ3) is 5.82. The van der Waals surface area contributed by atoms with Crippen LogP contribution in [0.5, 0.6) is 11.5 Å². The Labute approximate surface area is 274 Å². The van der Waals surface area contributed by atoms with E-state index in [9.17, 15) is 19.2 Å². The summed E-state index contributed by atoms with van der Waals surface area (Å²) in [5.41, 5.74) is 1.54. The molecule has 9 nitrogen and oxygen atoms in total. The Balaban J connectivity index is 1.30. The Morgan fingerprint density at radius 1 is 0.932 bits per heavy atom. The second kappa shape index (κ2) is 12.5. The molecule has 1 aromatic heterocycles. The Morgan fingerprint density at radius 3 is 2.43 bits per heavy atom. The second-order valence-electron chi connectivity index (χ2n) is 9.84. The van der Waals surface area contributed by atoms with Gasteiger partial charge in [-0.3, -0.25) is 19.2 Å². The van der Waals surface area contributed by atoms with Gasteiger partial charge in [0.25, 0.3) is 5.91 Å². The molecule has 14 heteroatoms. The summed E-state index contributed by atoms with van der Waals surface area (Å²) in [6, 6.07) is 16.4. The van der Waals surface area contributed by atoms with Crippen molar-refractivity contribution in [1.82, 2.24) is 4.98 Å². The lowest BCUT2D eigenvalue weighted by atomic mass is 9.83. The minimum Gasteiger partial charge on any atom is -0.490 e. The first-order chi connectivity index (χ1) is 21.1. The van der Waals surface area contributed by atoms with Gasteiger partial charge in [-0.25, -0.2) is 4.90 Å². The number of hydrogen-bond donors (Lipinski definition) is 2. The van der Waals surface area contributed by atoms with E-state index in [2.05, 4.69) is 10.3 Å². The van der Waals surface area contributed by atoms with E-state index in [1.54, 1.807) is 61.5 Å². The molecule has 3 amide bonds. The van der Waals surface area contributed by atoms with Gasteiger partial charge in [0, 0.05) is 21.5 Å². The van der Waals surface area contributed by atoms with E-state index < -0.39 is 23.0 Å². The normalized spacial score (nSPS) is 19.0. The predicted octanol–water partition coefficient (Wildman–Crippen LogP) is 6.61. The quantitative estimate of drug-likeness (QED) is 0.200. The number of amides is 3. The molecule has 3 heterocycles. The SMILES string of the molecule is CCOc1cc([C@@H]2c3sc(=O)[nH]c3S[C@H]3C(=O)N(c4ccc(Cl)cc4)C(=O)[C@@H]23)ccc1OCC(=O)Nc1ccc(Cl)c(Cl)c1. The van der Waals surface area contributed by atoms with Crippen LogP contribution in [0.15, 0.2) is 70.5 Å². The van der Waals surface area contributed by atoms with E-state index in [0.29, 0.717) is 60.0 Å². The molecule has 4 aromatic rings. The highest BCUT2D eigenvalue weighted by molar-refractivity contribution is 8.00. The summed E-state index contributed by atoms with van der Waals surface area (Å²) < 4.78 is 11.7. The molecule has 0 spiro atoms. The molecule has 0 radical (unpaired) electrons. The van der Waals surface area contributed by atoms with Crippen molar-refractivity contribution in [2.45, 2.75) is 23.1 Å². The first-order valence-electron chi connectivity index (χ1n) is 13.3. The number of aromatic amines is 1. The Kier molecular flexibility index (Phi) is 8.67. The van der Waals surface area contributed by atoms with Crippen LogP contribution in [0, 0.1) is 5.92 Å². The van der Waals surface area contributed by atoms with Crippen LogP contribution >= 0.6 is 57.9 Å². The van der Waals surface area contributed by atoms with E-state index >= 15 is 0 Å². The lowest BCUT2D eigenvalue weighted by Crippen LogP contribution is -2.32. The molecule has 6 rings (SSSR count). The monoisotopic (exact) mass is 689 g/mol. The Hall–Kier alpha value is -3.48. The molecule has 2 N–H and O–H groups in total. The lowest BCUT2D eigenvalue weighted by Gasteiger charge is -2.30. The molecule has 0 saturated carbocycles. The maximum absolute atomic E-state index is 13.9. The number of thioether (sulfide) groups is 1. The number of hydrogen-bond acceptors (Lipinski definition) is 8. The fraction of sp³-hybridized carbons (Fsp3) is 0.200. The van der Waals surface area contributed by atoms with Gasteiger partial charge in [-0.1, -0.05) is 64.0 Å². The first-order valence-corrected chi connectivity index (χ1v) is 16.1. The van der Waals surface area contributed by atoms with Gasteiger partial charge < -0.3 is 19.8 Å². The highest BCUT2D eigenvalue weighted by Crippen LogP contribution is 2.53. The van der Waals surface area contributed by atoms with E-state index in [1.807, 2.05) is 0 Å². The summed E-state index contributed by atoms with van der Waals surface area (Å²) >= 11 is 20.2. The van der Waals surface area contributed by atoms with Gasteiger partial charge in [0.15, 0.2) is 18.1 Å². The molecule has 2 aliphatic heterocycles. The third-order valence-electron chi connectivity index (χ3n) is 7.10. The number of H-pyrrole nitrogens is 1. The zero-order valence-electron chi connectivity index (χ0n) is 22.8. The number of halogens is 3. The molecule has 226 valence electrons. The van der Waals surface area contributed by atoms with E-state index in [-0.39, 0.29) is 23.3 Å². The van der Waals surface area contributed by atoms with E-state index in [0.717, 1.165) is 11.3 Å². The number of ether oxygens (including phenoxy) is 2. The average molecular weight is 691 g/mol. The van der Waals surface area contributed by atoms with Gasteiger partial charge in [0.1, 0.15) is 5.25 Å². The number of carbonyl (C=O) groups excluding carboxylic acids is 3. The summed E-state index contributed by atoms with van der Waals surface area (Å²) in [5.74, 6) is -1.91. The zero-order valence-corrected chi connectivity index (χ0v) is 26.7. The van der Waals surface area contributed by atoms with Crippen molar-refractivity contribution in [3.8, 4) is 11.5 Å². The van der Waals surface area contributed by atoms with Gasteiger partial charge in [0.05, 0.1) is 33.3 Å². The molecular weight excluding hydrogens is 669 g/mol. The molecule has 3 aromatic carbocycles. The minimum atomic E-state index is -0.777. The molecule has 44 heavy (non-hydrogen) atoms. The van der Waals surface area contributed by atoms with Gasteiger partial charge in [-0.05, 0) is 67.1 Å². The minimum absolute atomic E-state index is 0.278. The maximum atomic E-state index is 13.9. The van der Waals surface area contributed by atoms with E-state index in [1.165, 1.54) is 22.7 Å². The first kappa shape index (κ1) is 30.5. The smallest absolute Gasteiger partial charge is 0.305 e. The zero-order chi connectivity index (χ0) is 31.1. The van der Waals surface area contributed by atoms with Crippen LogP contribution < -0.4 is 24.6 Å². The van der Waals surface area contributed by atoms with Gasteiger partial charge in [-0.2, -0.15) is 0 Å². The van der Waals surface area contributed by atoms with Crippen molar-refractivity contribution in [3.63, 3.8) is 0 Å². The summed E-state index contributed by atoms with van der Waals surface area (Å²) in [6.45, 7) is 1.78. The van der Waals surface area contributed by atoms with Crippen LogP contribution in [-0.2, 0) is 14.4 Å². The summed E-state index contributed by atoms with van der Waals surface area (Å²) in [4.78, 5) is 57.0. The van der Waals surface area contributed by atoms with Crippen molar-refractivity contribution in [3.05, 3.63) is 95.8 Å². The number of carbonyl (C=O) groups is 3. The number of benzene rings is 3. The van der Waals surface area contributed by atoms with Crippen LogP contribution in [0.3, 0.4) is 0 Å². The summed E-state index contributed by atoms with van der Waals surface area (Å²) in [5, 5.41) is 3.66. The van der Waals surface area contributed by atoms with Crippen LogP contribution in [0.2, 0.25) is 15.1 Å². The van der Waals surface area contributed by atoms with Crippen molar-refractivity contribution in [2.75, 3.05) is 23.4 Å². The molecular formula is C30H22Cl3N3O6S2. The predicted molar refractivity (Wildman–Crippen MR) is 172 cm³/mol. The topological polar surface area (TPSA) is 118 Å². The lowest BCUT2D eigenvalue weighted by molar-refractivity contribution is -0.122. The number of nitrogens with zero attached hydrogens (tertiary/aromatic N) is 1. The Morgan fingerprint density at radius 2 is 1.70 bits per heavy atom. The number of nitrogens with one attached hydrogen (secondary N) is 2. The number of imide groups is 1. The standard InChI is InChI=1S/C30H22Cl3N3O6S2/c1-2-41-21-11-14(3-10-20(21)42-13-22(37)34-16-6-9-18(32)19(33)12-16)23-24-26(43-27-25(23)44-30(40)35-27)29(39)36(28(24)38)17-7-4-15(31)5-8-17/h3-12,23-24,26H,2,13H2,1H3,(H,34,37)(H,35,40)/t23-,24-,26+/m0/s1. The number of fused-ring (bicyclic) bond motifs is 2. The highest BCUT2D eigenvalue weighted by atomic mass is 35.5. The van der Waals surface area contributed by atoms with Crippen LogP contribution in [0.25, 0.3) is 0 Å². The second-order valence-corrected chi connectivity index (χ2v) is 13.3. The van der Waals surface area contributed by atoms with E-state index in [4.69, 9.17) is 44.3 Å². The van der Waals surface area contributed by atoms with Crippen molar-refractivity contribution < 1.29 is 23.9 Å². The van der Waals surface area contributed by atoms with Crippen LogP contribution in [0.4, 0.5) is 11.4 Å². The average Bonchev–Trinajstić information content (AvgIpc) is 3.49. The number of thiazole rings is 1. The van der Waals surface area contributed by atoms with Crippen molar-refractivity contribution >= 4 is 87.0 Å². The summed E-state index contributed by atoms with van der Waals surface area (Å²) in [7, 11) is 0. The molecule has 3 atom stereocenters. The van der Waals surface area contributed by atoms with Gasteiger partial charge >= 0.3 is 4.87 Å². The maximum Gasteiger partial charge on any atom is 0.305 e. The third-order valence-corrected chi connectivity index (χ3v) is 10.5. The fourth-order valence-corrected chi connectivity index (χ4v) is 8.18. The fourth-order valence-electron chi connectivity index (χ4n) is 5.24. The van der Waals surface area contributed by atoms with Crippen LogP contribution in [0.1, 0.15) is 23.3 Å². The number of aromatic nitrogens is 1. The molecule has 0 bridgehead atoms. The highest BCUT2D eigenvalue weighted by Gasteiger charge is 2.56. The number of anilines is 2. The number of rotatable bonds is 8. The largest absolute Gasteiger partial charge is 0.490 e. The molecule has 1 fully saturated rings. The van der Waals surface area contributed by atoms with Gasteiger partial charge in [0.2, 0.25) is 11.8 Å². The van der Waals surface area contributed by atoms with Crippen molar-refractivity contribution in [2.24, 2.45) is 5.92 Å². The Bertz CT molecular complexity index is 1840. The van der Waals surface area contributed by atoms with Gasteiger partial charge in [-0.15, -0.1) is 0 Å². The summed E-state index contributed by atoms with van der Waals surface area (Å²) in [6.07, 6.45) is 0. The molecule has 1 saturated heterocycles. The van der Waals surface area contributed by atoms with Crippen LogP contribution in [-0.4, -0.2) is 41.2 Å². The molecule has 0 aliphatic carbocycles. The van der Waals surface area contributed by atoms with Crippen molar-refractivity contribution in [1.29, 1.82) is 0 Å². The molecule has 0 unspecified atom stereocenters. The molecule has 2 aliphatic rings.